The molecule has 98 valence electrons. The number of aromatic carboxylic acids is 1. The van der Waals surface area contributed by atoms with Crippen molar-refractivity contribution in [3.05, 3.63) is 23.9 Å². The summed E-state index contributed by atoms with van der Waals surface area (Å²) in [6.45, 7) is 3.89. The zero-order valence-electron chi connectivity index (χ0n) is 10.7. The molecule has 18 heavy (non-hydrogen) atoms. The Kier molecular flexibility index (Phi) is 4.65. The first-order chi connectivity index (χ1) is 8.40. The van der Waals surface area contributed by atoms with Crippen LogP contribution >= 0.6 is 0 Å². The molecule has 0 aliphatic rings. The summed E-state index contributed by atoms with van der Waals surface area (Å²) in [4.78, 5) is 27.9. The zero-order valence-corrected chi connectivity index (χ0v) is 10.7. The van der Waals surface area contributed by atoms with Crippen molar-refractivity contribution in [2.45, 2.75) is 19.9 Å². The van der Waals surface area contributed by atoms with E-state index in [0.717, 1.165) is 0 Å². The van der Waals surface area contributed by atoms with Crippen LogP contribution in [0.3, 0.4) is 0 Å². The summed E-state index contributed by atoms with van der Waals surface area (Å²) in [5.41, 5.74) is -0.0383. The average molecular weight is 251 g/mol. The third-order valence-electron chi connectivity index (χ3n) is 2.18. The number of hydrogen-bond donors (Lipinski definition) is 2. The number of carboxylic acid groups (broad SMARTS) is 1. The second kappa shape index (κ2) is 6.00. The van der Waals surface area contributed by atoms with Crippen LogP contribution in [0.4, 0.5) is 5.82 Å². The van der Waals surface area contributed by atoms with Gasteiger partial charge in [0, 0.05) is 13.1 Å². The lowest BCUT2D eigenvalue weighted by molar-refractivity contribution is -0.120. The summed E-state index contributed by atoms with van der Waals surface area (Å²) < 4.78 is 0. The van der Waals surface area contributed by atoms with E-state index in [0.29, 0.717) is 5.82 Å². The minimum atomic E-state index is -1.09. The van der Waals surface area contributed by atoms with E-state index >= 15 is 0 Å². The summed E-state index contributed by atoms with van der Waals surface area (Å²) in [5.74, 6) is -0.763. The van der Waals surface area contributed by atoms with Gasteiger partial charge in [0.1, 0.15) is 5.82 Å². The Morgan fingerprint density at radius 3 is 2.67 bits per heavy atom. The number of carboxylic acids is 1. The maximum absolute atomic E-state index is 11.6. The lowest BCUT2D eigenvalue weighted by atomic mass is 10.3. The number of carbonyl (C=O) groups excluding carboxylic acids is 1. The molecule has 1 heterocycles. The Labute approximate surface area is 106 Å². The number of hydrogen-bond acceptors (Lipinski definition) is 4. The average Bonchev–Trinajstić information content (AvgIpc) is 2.27. The van der Waals surface area contributed by atoms with Crippen LogP contribution in [-0.4, -0.2) is 41.6 Å². The number of nitrogens with one attached hydrogen (secondary N) is 1. The molecule has 0 atom stereocenters. The molecule has 1 rings (SSSR count). The lowest BCUT2D eigenvalue weighted by Gasteiger charge is -2.18. The molecule has 0 radical (unpaired) electrons. The molecular weight excluding hydrogens is 234 g/mol. The molecule has 0 fully saturated rings. The van der Waals surface area contributed by atoms with E-state index in [1.807, 2.05) is 13.8 Å². The Balaban J connectivity index is 2.72. The molecule has 0 saturated carbocycles. The maximum atomic E-state index is 11.6. The van der Waals surface area contributed by atoms with Crippen LogP contribution in [-0.2, 0) is 4.79 Å². The van der Waals surface area contributed by atoms with E-state index in [9.17, 15) is 9.59 Å². The summed E-state index contributed by atoms with van der Waals surface area (Å²) in [6.07, 6.45) is 0. The number of carbonyl (C=O) groups is 2. The number of pyridine rings is 1. The topological polar surface area (TPSA) is 82.5 Å². The van der Waals surface area contributed by atoms with Crippen molar-refractivity contribution < 1.29 is 14.7 Å². The van der Waals surface area contributed by atoms with Gasteiger partial charge in [0.25, 0.3) is 0 Å². The van der Waals surface area contributed by atoms with Gasteiger partial charge in [-0.3, -0.25) is 4.79 Å². The molecular formula is C12H17N3O3. The van der Waals surface area contributed by atoms with Crippen LogP contribution in [0.5, 0.6) is 0 Å². The van der Waals surface area contributed by atoms with Crippen LogP contribution in [0.2, 0.25) is 0 Å². The number of rotatable bonds is 5. The highest BCUT2D eigenvalue weighted by Crippen LogP contribution is 2.09. The van der Waals surface area contributed by atoms with Gasteiger partial charge in [0.15, 0.2) is 5.69 Å². The number of amides is 1. The highest BCUT2D eigenvalue weighted by molar-refractivity contribution is 5.86. The van der Waals surface area contributed by atoms with Crippen LogP contribution in [0, 0.1) is 0 Å². The first-order valence-corrected chi connectivity index (χ1v) is 5.61. The first-order valence-electron chi connectivity index (χ1n) is 5.61. The minimum absolute atomic E-state index is 0.0383. The van der Waals surface area contributed by atoms with Crippen molar-refractivity contribution in [1.82, 2.24) is 10.3 Å². The Morgan fingerprint density at radius 2 is 2.11 bits per heavy atom. The SMILES string of the molecule is CC(C)NC(=O)CN(C)c1cccc(C(=O)O)n1. The van der Waals surface area contributed by atoms with E-state index in [1.54, 1.807) is 24.1 Å². The standard InChI is InChI=1S/C12H17N3O3/c1-8(2)13-11(16)7-15(3)10-6-4-5-9(14-10)12(17)18/h4-6,8H,7H2,1-3H3,(H,13,16)(H,17,18). The predicted octanol–water partition coefficient (Wildman–Crippen LogP) is 0.741. The number of anilines is 1. The van der Waals surface area contributed by atoms with Crippen LogP contribution in [0.1, 0.15) is 24.3 Å². The fourth-order valence-corrected chi connectivity index (χ4v) is 1.42. The van der Waals surface area contributed by atoms with E-state index < -0.39 is 5.97 Å². The van der Waals surface area contributed by atoms with Gasteiger partial charge in [-0.15, -0.1) is 0 Å². The van der Waals surface area contributed by atoms with Crippen LogP contribution in [0.15, 0.2) is 18.2 Å². The van der Waals surface area contributed by atoms with Crippen molar-refractivity contribution in [3.8, 4) is 0 Å². The smallest absolute Gasteiger partial charge is 0.354 e. The van der Waals surface area contributed by atoms with E-state index in [4.69, 9.17) is 5.11 Å². The van der Waals surface area contributed by atoms with Gasteiger partial charge in [-0.05, 0) is 26.0 Å². The molecule has 2 N–H and O–H groups in total. The fraction of sp³-hybridized carbons (Fsp3) is 0.417. The fourth-order valence-electron chi connectivity index (χ4n) is 1.42. The van der Waals surface area contributed by atoms with E-state index in [1.165, 1.54) is 6.07 Å². The molecule has 6 heteroatoms. The van der Waals surface area contributed by atoms with Crippen molar-refractivity contribution >= 4 is 17.7 Å². The van der Waals surface area contributed by atoms with Gasteiger partial charge < -0.3 is 15.3 Å². The van der Waals surface area contributed by atoms with Gasteiger partial charge in [-0.25, -0.2) is 9.78 Å². The van der Waals surface area contributed by atoms with E-state index in [2.05, 4.69) is 10.3 Å². The van der Waals surface area contributed by atoms with Crippen molar-refractivity contribution in [1.29, 1.82) is 0 Å². The molecule has 0 spiro atoms. The third kappa shape index (κ3) is 4.04. The Bertz CT molecular complexity index is 446. The molecule has 0 aliphatic carbocycles. The second-order valence-corrected chi connectivity index (χ2v) is 4.26. The molecule has 1 amide bonds. The highest BCUT2D eigenvalue weighted by Gasteiger charge is 2.11. The largest absolute Gasteiger partial charge is 0.477 e. The van der Waals surface area contributed by atoms with Gasteiger partial charge in [0.2, 0.25) is 5.91 Å². The minimum Gasteiger partial charge on any atom is -0.477 e. The molecule has 6 nitrogen and oxygen atoms in total. The molecule has 0 bridgehead atoms. The van der Waals surface area contributed by atoms with Crippen LogP contribution in [0.25, 0.3) is 0 Å². The zero-order chi connectivity index (χ0) is 13.7. The predicted molar refractivity (Wildman–Crippen MR) is 67.7 cm³/mol. The van der Waals surface area contributed by atoms with Crippen LogP contribution < -0.4 is 10.2 Å². The third-order valence-corrected chi connectivity index (χ3v) is 2.18. The summed E-state index contributed by atoms with van der Waals surface area (Å²) in [7, 11) is 1.69. The summed E-state index contributed by atoms with van der Waals surface area (Å²) in [6, 6.07) is 4.75. The molecule has 0 aliphatic heterocycles. The summed E-state index contributed by atoms with van der Waals surface area (Å²) >= 11 is 0. The Morgan fingerprint density at radius 1 is 1.44 bits per heavy atom. The lowest BCUT2D eigenvalue weighted by Crippen LogP contribution is -2.38. The maximum Gasteiger partial charge on any atom is 0.354 e. The van der Waals surface area contributed by atoms with E-state index in [-0.39, 0.29) is 24.2 Å². The number of likely N-dealkylation sites (N-methyl/N-ethyl adjacent to an activating group) is 1. The quantitative estimate of drug-likeness (QED) is 0.806. The van der Waals surface area contributed by atoms with Gasteiger partial charge in [-0.2, -0.15) is 0 Å². The first kappa shape index (κ1) is 14.0. The number of aromatic nitrogens is 1. The molecule has 1 aromatic heterocycles. The molecule has 0 aromatic carbocycles. The van der Waals surface area contributed by atoms with Crippen molar-refractivity contribution in [2.24, 2.45) is 0 Å². The Hall–Kier alpha value is -2.11. The summed E-state index contributed by atoms with van der Waals surface area (Å²) in [5, 5.41) is 11.6. The molecule has 1 aromatic rings. The normalized spacial score (nSPS) is 10.2. The van der Waals surface area contributed by atoms with Crippen molar-refractivity contribution in [2.75, 3.05) is 18.5 Å². The number of nitrogens with zero attached hydrogens (tertiary/aromatic N) is 2. The monoisotopic (exact) mass is 251 g/mol. The van der Waals surface area contributed by atoms with Crippen molar-refractivity contribution in [3.63, 3.8) is 0 Å². The van der Waals surface area contributed by atoms with Gasteiger partial charge in [0.05, 0.1) is 6.54 Å². The second-order valence-electron chi connectivity index (χ2n) is 4.26. The highest BCUT2D eigenvalue weighted by atomic mass is 16.4. The molecule has 0 saturated heterocycles. The molecule has 0 unspecified atom stereocenters. The van der Waals surface area contributed by atoms with Gasteiger partial charge >= 0.3 is 5.97 Å². The van der Waals surface area contributed by atoms with Gasteiger partial charge in [-0.1, -0.05) is 6.07 Å².